The molecule has 0 N–H and O–H groups in total. The van der Waals surface area contributed by atoms with Crippen molar-refractivity contribution in [1.29, 1.82) is 0 Å². The molecule has 0 saturated heterocycles. The summed E-state index contributed by atoms with van der Waals surface area (Å²) in [5, 5.41) is 0.812. The summed E-state index contributed by atoms with van der Waals surface area (Å²) in [6.45, 7) is 3.98. The van der Waals surface area contributed by atoms with Crippen LogP contribution in [0.15, 0.2) is 24.8 Å². The van der Waals surface area contributed by atoms with Gasteiger partial charge in [0.05, 0.1) is 0 Å². The van der Waals surface area contributed by atoms with Gasteiger partial charge in [0, 0.05) is 5.02 Å². The Bertz CT molecular complexity index is 313. The molecule has 0 nitrogen and oxygen atoms in total. The second-order valence-corrected chi connectivity index (χ2v) is 3.34. The monoisotopic (exact) mass is 164 g/mol. The smallest absolute Gasteiger partial charge is 0.0412 e. The Balaban J connectivity index is 2.60. The Hall–Kier alpha value is -0.750. The molecular formula is C10H9Cl. The summed E-state index contributed by atoms with van der Waals surface area (Å²) >= 11 is 5.85. The quantitative estimate of drug-likeness (QED) is 0.552. The predicted molar refractivity (Wildman–Crippen MR) is 48.8 cm³/mol. The molecule has 2 rings (SSSR count). The molecule has 1 aromatic rings. The maximum atomic E-state index is 5.85. The van der Waals surface area contributed by atoms with E-state index in [2.05, 4.69) is 12.6 Å². The van der Waals surface area contributed by atoms with Gasteiger partial charge >= 0.3 is 0 Å². The molecule has 1 aromatic carbocycles. The molecule has 11 heavy (non-hydrogen) atoms. The number of hydrogen-bond acceptors (Lipinski definition) is 0. The van der Waals surface area contributed by atoms with Crippen molar-refractivity contribution in [3.05, 3.63) is 40.9 Å². The Kier molecular flexibility index (Phi) is 1.50. The standard InChI is InChI=1S/C10H9Cl/c1-7-2-3-8-4-5-9(11)6-10(7)8/h4-6H,1-3H2. The molecule has 0 aromatic heterocycles. The average Bonchev–Trinajstić information content (AvgIpc) is 2.33. The van der Waals surface area contributed by atoms with E-state index in [4.69, 9.17) is 11.6 Å². The molecule has 1 aliphatic carbocycles. The number of allylic oxidation sites excluding steroid dienone is 1. The zero-order valence-corrected chi connectivity index (χ0v) is 6.99. The van der Waals surface area contributed by atoms with E-state index in [-0.39, 0.29) is 0 Å². The number of aryl methyl sites for hydroxylation is 1. The van der Waals surface area contributed by atoms with Crippen molar-refractivity contribution in [2.75, 3.05) is 0 Å². The van der Waals surface area contributed by atoms with Gasteiger partial charge in [0.15, 0.2) is 0 Å². The molecule has 1 aliphatic rings. The van der Waals surface area contributed by atoms with E-state index >= 15 is 0 Å². The van der Waals surface area contributed by atoms with Gasteiger partial charge in [-0.15, -0.1) is 0 Å². The van der Waals surface area contributed by atoms with Crippen molar-refractivity contribution in [1.82, 2.24) is 0 Å². The maximum absolute atomic E-state index is 5.85. The highest BCUT2D eigenvalue weighted by molar-refractivity contribution is 6.30. The molecule has 56 valence electrons. The van der Waals surface area contributed by atoms with E-state index in [9.17, 15) is 0 Å². The summed E-state index contributed by atoms with van der Waals surface area (Å²) < 4.78 is 0. The van der Waals surface area contributed by atoms with E-state index in [1.165, 1.54) is 16.7 Å². The van der Waals surface area contributed by atoms with Gasteiger partial charge in [-0.25, -0.2) is 0 Å². The predicted octanol–water partition coefficient (Wildman–Crippen LogP) is 3.30. The van der Waals surface area contributed by atoms with Crippen LogP contribution in [0.4, 0.5) is 0 Å². The van der Waals surface area contributed by atoms with Crippen LogP contribution >= 0.6 is 11.6 Å². The zero-order chi connectivity index (χ0) is 7.84. The molecule has 0 saturated carbocycles. The van der Waals surface area contributed by atoms with Crippen LogP contribution in [-0.2, 0) is 6.42 Å². The van der Waals surface area contributed by atoms with Gasteiger partial charge in [-0.05, 0) is 41.7 Å². The van der Waals surface area contributed by atoms with Gasteiger partial charge < -0.3 is 0 Å². The van der Waals surface area contributed by atoms with E-state index in [0.717, 1.165) is 17.9 Å². The van der Waals surface area contributed by atoms with Crippen LogP contribution in [0.5, 0.6) is 0 Å². The number of halogens is 1. The summed E-state index contributed by atoms with van der Waals surface area (Å²) in [6, 6.07) is 6.04. The Morgan fingerprint density at radius 1 is 1.27 bits per heavy atom. The Morgan fingerprint density at radius 2 is 2.09 bits per heavy atom. The number of hydrogen-bond donors (Lipinski definition) is 0. The molecule has 0 bridgehead atoms. The van der Waals surface area contributed by atoms with Gasteiger partial charge in [0.25, 0.3) is 0 Å². The van der Waals surface area contributed by atoms with Crippen LogP contribution in [-0.4, -0.2) is 0 Å². The first-order chi connectivity index (χ1) is 5.27. The number of fused-ring (bicyclic) bond motifs is 1. The largest absolute Gasteiger partial charge is 0.0952 e. The van der Waals surface area contributed by atoms with Crippen molar-refractivity contribution < 1.29 is 0 Å². The van der Waals surface area contributed by atoms with Crippen molar-refractivity contribution in [2.24, 2.45) is 0 Å². The van der Waals surface area contributed by atoms with Gasteiger partial charge in [-0.2, -0.15) is 0 Å². The average molecular weight is 165 g/mol. The van der Waals surface area contributed by atoms with Crippen LogP contribution < -0.4 is 0 Å². The van der Waals surface area contributed by atoms with Crippen molar-refractivity contribution >= 4 is 17.2 Å². The SMILES string of the molecule is C=C1CCc2ccc(Cl)cc21. The third-order valence-corrected chi connectivity index (χ3v) is 2.38. The summed E-state index contributed by atoms with van der Waals surface area (Å²) in [7, 11) is 0. The Morgan fingerprint density at radius 3 is 2.91 bits per heavy atom. The summed E-state index contributed by atoms with van der Waals surface area (Å²) in [5.74, 6) is 0. The van der Waals surface area contributed by atoms with Crippen LogP contribution in [0, 0.1) is 0 Å². The molecule has 0 heterocycles. The minimum absolute atomic E-state index is 0.812. The van der Waals surface area contributed by atoms with Crippen LogP contribution in [0.1, 0.15) is 17.5 Å². The fourth-order valence-corrected chi connectivity index (χ4v) is 1.69. The first-order valence-corrected chi connectivity index (χ1v) is 4.12. The highest BCUT2D eigenvalue weighted by atomic mass is 35.5. The second kappa shape index (κ2) is 2.38. The summed E-state index contributed by atoms with van der Waals surface area (Å²) in [4.78, 5) is 0. The van der Waals surface area contributed by atoms with E-state index in [1.54, 1.807) is 0 Å². The highest BCUT2D eigenvalue weighted by Gasteiger charge is 2.13. The summed E-state index contributed by atoms with van der Waals surface area (Å²) in [6.07, 6.45) is 2.22. The second-order valence-electron chi connectivity index (χ2n) is 2.91. The van der Waals surface area contributed by atoms with Crippen molar-refractivity contribution in [3.63, 3.8) is 0 Å². The lowest BCUT2D eigenvalue weighted by Crippen LogP contribution is -1.78. The molecular weight excluding hydrogens is 156 g/mol. The molecule has 0 atom stereocenters. The number of rotatable bonds is 0. The fourth-order valence-electron chi connectivity index (χ4n) is 1.52. The van der Waals surface area contributed by atoms with Gasteiger partial charge in [-0.1, -0.05) is 24.2 Å². The maximum Gasteiger partial charge on any atom is 0.0412 e. The van der Waals surface area contributed by atoms with Crippen LogP contribution in [0.25, 0.3) is 5.57 Å². The molecule has 0 amide bonds. The van der Waals surface area contributed by atoms with E-state index in [0.29, 0.717) is 0 Å². The molecule has 0 spiro atoms. The van der Waals surface area contributed by atoms with E-state index in [1.807, 2.05) is 12.1 Å². The van der Waals surface area contributed by atoms with Crippen LogP contribution in [0.3, 0.4) is 0 Å². The number of benzene rings is 1. The van der Waals surface area contributed by atoms with Gasteiger partial charge in [-0.3, -0.25) is 0 Å². The molecule has 0 unspecified atom stereocenters. The lowest BCUT2D eigenvalue weighted by atomic mass is 10.1. The Labute approximate surface area is 71.5 Å². The minimum atomic E-state index is 0.812. The van der Waals surface area contributed by atoms with Crippen LogP contribution in [0.2, 0.25) is 5.02 Å². The summed E-state index contributed by atoms with van der Waals surface area (Å²) in [5.41, 5.74) is 3.87. The van der Waals surface area contributed by atoms with E-state index < -0.39 is 0 Å². The van der Waals surface area contributed by atoms with Crippen molar-refractivity contribution in [2.45, 2.75) is 12.8 Å². The third-order valence-electron chi connectivity index (χ3n) is 2.15. The topological polar surface area (TPSA) is 0 Å². The lowest BCUT2D eigenvalue weighted by Gasteiger charge is -1.98. The molecule has 0 aliphatic heterocycles. The van der Waals surface area contributed by atoms with Gasteiger partial charge in [0.1, 0.15) is 0 Å². The molecule has 1 heteroatoms. The molecule has 0 radical (unpaired) electrons. The van der Waals surface area contributed by atoms with Crippen molar-refractivity contribution in [3.8, 4) is 0 Å². The first kappa shape index (κ1) is 6.93. The fraction of sp³-hybridized carbons (Fsp3) is 0.200. The molecule has 0 fully saturated rings. The lowest BCUT2D eigenvalue weighted by molar-refractivity contribution is 1.08. The minimum Gasteiger partial charge on any atom is -0.0952 e. The normalized spacial score (nSPS) is 15.2. The highest BCUT2D eigenvalue weighted by Crippen LogP contribution is 2.32. The first-order valence-electron chi connectivity index (χ1n) is 3.74. The zero-order valence-electron chi connectivity index (χ0n) is 6.23. The van der Waals surface area contributed by atoms with Gasteiger partial charge in [0.2, 0.25) is 0 Å². The third kappa shape index (κ3) is 1.08.